The van der Waals surface area contributed by atoms with Gasteiger partial charge in [-0.05, 0) is 18.9 Å². The van der Waals surface area contributed by atoms with E-state index in [9.17, 15) is 4.79 Å². The first-order valence-corrected chi connectivity index (χ1v) is 7.87. The fraction of sp³-hybridized carbons (Fsp3) is 0.500. The minimum atomic E-state index is 0.00287. The molecular formula is C16H20N6O. The molecule has 1 aliphatic heterocycles. The molecule has 2 aromatic rings. The maximum atomic E-state index is 12.2. The lowest BCUT2D eigenvalue weighted by Crippen LogP contribution is -2.48. The van der Waals surface area contributed by atoms with Gasteiger partial charge >= 0.3 is 0 Å². The molecule has 1 saturated heterocycles. The van der Waals surface area contributed by atoms with Crippen molar-refractivity contribution < 1.29 is 4.79 Å². The van der Waals surface area contributed by atoms with Gasteiger partial charge in [0.15, 0.2) is 5.82 Å². The van der Waals surface area contributed by atoms with Crippen LogP contribution in [0.2, 0.25) is 0 Å². The number of carbonyl (C=O) groups excluding carboxylic acids is 1. The lowest BCUT2D eigenvalue weighted by molar-refractivity contribution is -0.124. The van der Waals surface area contributed by atoms with Gasteiger partial charge in [0, 0.05) is 45.1 Å². The zero-order valence-electron chi connectivity index (χ0n) is 13.2. The van der Waals surface area contributed by atoms with Crippen molar-refractivity contribution in [3.05, 3.63) is 18.6 Å². The number of hydrogen-bond acceptors (Lipinski definition) is 6. The van der Waals surface area contributed by atoms with Gasteiger partial charge in [-0.1, -0.05) is 0 Å². The molecule has 0 aromatic carbocycles. The standard InChI is InChI=1S/C16H20N6O/c1-21(16-13-6-8-18-15(13)19-11-20-16)22-9-3-4-12(10-22)14(23)5-2-7-17/h6,8,11-12H,2-5,9-10H2,1H3,(H,18,19,20). The molecule has 1 N–H and O–H groups in total. The lowest BCUT2D eigenvalue weighted by atomic mass is 9.92. The molecule has 0 saturated carbocycles. The smallest absolute Gasteiger partial charge is 0.155 e. The highest BCUT2D eigenvalue weighted by molar-refractivity contribution is 5.87. The number of H-pyrrole nitrogens is 1. The quantitative estimate of drug-likeness (QED) is 0.907. The van der Waals surface area contributed by atoms with Crippen molar-refractivity contribution in [2.24, 2.45) is 5.92 Å². The Morgan fingerprint density at radius 2 is 2.43 bits per heavy atom. The van der Waals surface area contributed by atoms with Gasteiger partial charge in [-0.2, -0.15) is 5.26 Å². The summed E-state index contributed by atoms with van der Waals surface area (Å²) in [6.45, 7) is 1.57. The van der Waals surface area contributed by atoms with Crippen LogP contribution in [-0.2, 0) is 4.79 Å². The van der Waals surface area contributed by atoms with Gasteiger partial charge < -0.3 is 4.98 Å². The van der Waals surface area contributed by atoms with E-state index in [1.165, 1.54) is 0 Å². The number of piperidine rings is 1. The second kappa shape index (κ2) is 6.75. The molecule has 1 aliphatic rings. The Morgan fingerprint density at radius 3 is 3.26 bits per heavy atom. The summed E-state index contributed by atoms with van der Waals surface area (Å²) in [5, 5.41) is 13.8. The van der Waals surface area contributed by atoms with Crippen LogP contribution in [0.5, 0.6) is 0 Å². The normalized spacial score (nSPS) is 18.7. The molecule has 23 heavy (non-hydrogen) atoms. The first kappa shape index (κ1) is 15.4. The zero-order valence-corrected chi connectivity index (χ0v) is 13.2. The van der Waals surface area contributed by atoms with Gasteiger partial charge in [0.2, 0.25) is 0 Å². The molecule has 0 spiro atoms. The van der Waals surface area contributed by atoms with E-state index < -0.39 is 0 Å². The average molecular weight is 312 g/mol. The number of nitriles is 1. The van der Waals surface area contributed by atoms with E-state index in [-0.39, 0.29) is 11.7 Å². The number of nitrogens with zero attached hydrogens (tertiary/aromatic N) is 5. The summed E-state index contributed by atoms with van der Waals surface area (Å²) in [6.07, 6.45) is 5.92. The third-order valence-electron chi connectivity index (χ3n) is 4.40. The zero-order chi connectivity index (χ0) is 16.2. The van der Waals surface area contributed by atoms with Gasteiger partial charge in [0.25, 0.3) is 0 Å². The molecule has 0 amide bonds. The monoisotopic (exact) mass is 312 g/mol. The van der Waals surface area contributed by atoms with Crippen LogP contribution < -0.4 is 5.01 Å². The summed E-state index contributed by atoms with van der Waals surface area (Å²) >= 11 is 0. The maximum absolute atomic E-state index is 12.2. The molecule has 0 aliphatic carbocycles. The number of ketones is 1. The Bertz CT molecular complexity index is 733. The highest BCUT2D eigenvalue weighted by atomic mass is 16.1. The van der Waals surface area contributed by atoms with Crippen molar-refractivity contribution in [3.8, 4) is 6.07 Å². The average Bonchev–Trinajstić information content (AvgIpc) is 3.07. The molecule has 1 unspecified atom stereocenters. The number of carbonyl (C=O) groups is 1. The van der Waals surface area contributed by atoms with E-state index in [1.807, 2.05) is 30.4 Å². The fourth-order valence-electron chi connectivity index (χ4n) is 3.13. The second-order valence-corrected chi connectivity index (χ2v) is 5.84. The van der Waals surface area contributed by atoms with E-state index in [1.54, 1.807) is 6.33 Å². The molecular weight excluding hydrogens is 292 g/mol. The molecule has 1 fully saturated rings. The van der Waals surface area contributed by atoms with E-state index >= 15 is 0 Å². The van der Waals surface area contributed by atoms with E-state index in [0.717, 1.165) is 36.2 Å². The molecule has 7 nitrogen and oxygen atoms in total. The van der Waals surface area contributed by atoms with Gasteiger partial charge in [0.05, 0.1) is 11.5 Å². The number of anilines is 1. The van der Waals surface area contributed by atoms with Gasteiger partial charge in [-0.15, -0.1) is 0 Å². The van der Waals surface area contributed by atoms with Gasteiger partial charge in [-0.25, -0.2) is 15.0 Å². The van der Waals surface area contributed by atoms with E-state index in [4.69, 9.17) is 5.26 Å². The van der Waals surface area contributed by atoms with Gasteiger partial charge in [0.1, 0.15) is 17.8 Å². The molecule has 2 aromatic heterocycles. The van der Waals surface area contributed by atoms with E-state index in [0.29, 0.717) is 19.4 Å². The predicted molar refractivity (Wildman–Crippen MR) is 86.4 cm³/mol. The number of aromatic amines is 1. The van der Waals surface area contributed by atoms with Crippen molar-refractivity contribution in [3.63, 3.8) is 0 Å². The number of nitrogens with one attached hydrogen (secondary N) is 1. The van der Waals surface area contributed by atoms with Crippen LogP contribution in [-0.4, -0.2) is 45.9 Å². The molecule has 0 bridgehead atoms. The van der Waals surface area contributed by atoms with Crippen molar-refractivity contribution in [1.82, 2.24) is 20.0 Å². The number of fused-ring (bicyclic) bond motifs is 1. The van der Waals surface area contributed by atoms with Crippen molar-refractivity contribution in [2.75, 3.05) is 25.1 Å². The van der Waals surface area contributed by atoms with Crippen molar-refractivity contribution >= 4 is 22.6 Å². The summed E-state index contributed by atoms with van der Waals surface area (Å²) in [5.74, 6) is 1.03. The molecule has 0 radical (unpaired) electrons. The van der Waals surface area contributed by atoms with Crippen molar-refractivity contribution in [1.29, 1.82) is 5.26 Å². The summed E-state index contributed by atoms with van der Waals surface area (Å²) < 4.78 is 0. The van der Waals surface area contributed by atoms with E-state index in [2.05, 4.69) is 20.0 Å². The van der Waals surface area contributed by atoms with Crippen LogP contribution in [0, 0.1) is 17.2 Å². The number of hydrazine groups is 1. The SMILES string of the molecule is CN(c1ncnc2[nH]ccc12)N1CCCC(C(=O)CCC#N)C1. The minimum Gasteiger partial charge on any atom is -0.346 e. The third-order valence-corrected chi connectivity index (χ3v) is 4.40. The summed E-state index contributed by atoms with van der Waals surface area (Å²) in [5.41, 5.74) is 0.806. The van der Waals surface area contributed by atoms with Crippen LogP contribution in [0.1, 0.15) is 25.7 Å². The van der Waals surface area contributed by atoms with Crippen molar-refractivity contribution in [2.45, 2.75) is 25.7 Å². The van der Waals surface area contributed by atoms with Crippen LogP contribution in [0.25, 0.3) is 11.0 Å². The lowest BCUT2D eigenvalue weighted by Gasteiger charge is -2.38. The first-order valence-electron chi connectivity index (χ1n) is 7.87. The van der Waals surface area contributed by atoms with Crippen LogP contribution in [0.15, 0.2) is 18.6 Å². The highest BCUT2D eigenvalue weighted by Gasteiger charge is 2.28. The Morgan fingerprint density at radius 1 is 1.57 bits per heavy atom. The number of hydrogen-bond donors (Lipinski definition) is 1. The Balaban J connectivity index is 1.74. The van der Waals surface area contributed by atoms with Crippen LogP contribution in [0.3, 0.4) is 0 Å². The topological polar surface area (TPSA) is 88.9 Å². The van der Waals surface area contributed by atoms with Crippen LogP contribution in [0.4, 0.5) is 5.82 Å². The Kier molecular flexibility index (Phi) is 4.53. The number of rotatable bonds is 5. The van der Waals surface area contributed by atoms with Crippen LogP contribution >= 0.6 is 0 Å². The summed E-state index contributed by atoms with van der Waals surface area (Å²) in [4.78, 5) is 23.9. The minimum absolute atomic E-state index is 0.00287. The third kappa shape index (κ3) is 3.17. The fourth-order valence-corrected chi connectivity index (χ4v) is 3.13. The number of Topliss-reactive ketones (excluding diaryl/α,β-unsaturated/α-hetero) is 1. The molecule has 120 valence electrons. The Labute approximate surface area is 134 Å². The predicted octanol–water partition coefficient (Wildman–Crippen LogP) is 1.89. The number of aromatic nitrogens is 3. The maximum Gasteiger partial charge on any atom is 0.155 e. The van der Waals surface area contributed by atoms with Gasteiger partial charge in [-0.3, -0.25) is 9.80 Å². The second-order valence-electron chi connectivity index (χ2n) is 5.84. The Hall–Kier alpha value is -2.46. The summed E-state index contributed by atoms with van der Waals surface area (Å²) in [6, 6.07) is 4.01. The largest absolute Gasteiger partial charge is 0.346 e. The molecule has 3 heterocycles. The summed E-state index contributed by atoms with van der Waals surface area (Å²) in [7, 11) is 1.97. The molecule has 3 rings (SSSR count). The molecule has 7 heteroatoms. The first-order chi connectivity index (χ1) is 11.2. The highest BCUT2D eigenvalue weighted by Crippen LogP contribution is 2.26. The molecule has 1 atom stereocenters.